The number of ether oxygens (including phenoxy) is 1. The number of nitrogens with zero attached hydrogens (tertiary/aromatic N) is 3. The molecule has 6 nitrogen and oxygen atoms in total. The van der Waals surface area contributed by atoms with Gasteiger partial charge in [0.15, 0.2) is 0 Å². The van der Waals surface area contributed by atoms with Crippen LogP contribution in [0, 0.1) is 6.92 Å². The fourth-order valence-electron chi connectivity index (χ4n) is 2.01. The largest absolute Gasteiger partial charge is 0.456 e. The van der Waals surface area contributed by atoms with E-state index in [-0.39, 0.29) is 12.2 Å². The van der Waals surface area contributed by atoms with Crippen molar-refractivity contribution in [1.29, 1.82) is 0 Å². The lowest BCUT2D eigenvalue weighted by atomic mass is 10.2. The molecule has 0 fully saturated rings. The summed E-state index contributed by atoms with van der Waals surface area (Å²) < 4.78 is 6.50. The SMILES string of the molecule is Cc1ccc(C(=O)OCc2cc(=O)n3cc(Cl)ccc3n2)cn1. The van der Waals surface area contributed by atoms with E-state index in [1.165, 1.54) is 22.9 Å². The maximum atomic E-state index is 12.0. The van der Waals surface area contributed by atoms with Gasteiger partial charge in [-0.2, -0.15) is 0 Å². The highest BCUT2D eigenvalue weighted by molar-refractivity contribution is 6.30. The summed E-state index contributed by atoms with van der Waals surface area (Å²) in [6, 6.07) is 7.93. The average molecular weight is 330 g/mol. The monoisotopic (exact) mass is 329 g/mol. The van der Waals surface area contributed by atoms with Crippen LogP contribution >= 0.6 is 11.6 Å². The van der Waals surface area contributed by atoms with Gasteiger partial charge in [0.2, 0.25) is 0 Å². The van der Waals surface area contributed by atoms with Crippen molar-refractivity contribution in [2.75, 3.05) is 0 Å². The third kappa shape index (κ3) is 3.37. The number of aryl methyl sites for hydroxylation is 1. The van der Waals surface area contributed by atoms with E-state index in [1.807, 2.05) is 6.92 Å². The molecule has 0 spiro atoms. The molecule has 23 heavy (non-hydrogen) atoms. The molecule has 3 aromatic heterocycles. The smallest absolute Gasteiger partial charge is 0.340 e. The van der Waals surface area contributed by atoms with E-state index in [4.69, 9.17) is 16.3 Å². The van der Waals surface area contributed by atoms with E-state index < -0.39 is 5.97 Å². The van der Waals surface area contributed by atoms with Gasteiger partial charge in [0.1, 0.15) is 12.3 Å². The second-order valence-corrected chi connectivity index (χ2v) is 5.36. The van der Waals surface area contributed by atoms with Gasteiger partial charge in [-0.05, 0) is 31.2 Å². The normalized spacial score (nSPS) is 10.7. The summed E-state index contributed by atoms with van der Waals surface area (Å²) in [6.07, 6.45) is 2.93. The number of halogens is 1. The van der Waals surface area contributed by atoms with Gasteiger partial charge in [0, 0.05) is 24.2 Å². The molecule has 0 aliphatic rings. The predicted octanol–water partition coefficient (Wildman–Crippen LogP) is 2.41. The van der Waals surface area contributed by atoms with Crippen LogP contribution in [0.1, 0.15) is 21.7 Å². The van der Waals surface area contributed by atoms with Gasteiger partial charge in [-0.15, -0.1) is 0 Å². The van der Waals surface area contributed by atoms with Crippen LogP contribution in [0.3, 0.4) is 0 Å². The Morgan fingerprint density at radius 2 is 2.13 bits per heavy atom. The number of rotatable bonds is 3. The Morgan fingerprint density at radius 3 is 2.87 bits per heavy atom. The lowest BCUT2D eigenvalue weighted by Gasteiger charge is -2.06. The first-order chi connectivity index (χ1) is 11.0. The molecule has 0 saturated heterocycles. The maximum absolute atomic E-state index is 12.0. The van der Waals surface area contributed by atoms with E-state index in [2.05, 4.69) is 9.97 Å². The second kappa shape index (κ2) is 6.18. The lowest BCUT2D eigenvalue weighted by Crippen LogP contribution is -2.16. The Kier molecular flexibility index (Phi) is 4.08. The minimum absolute atomic E-state index is 0.0962. The summed E-state index contributed by atoms with van der Waals surface area (Å²) >= 11 is 5.85. The molecule has 0 aromatic carbocycles. The van der Waals surface area contributed by atoms with Crippen LogP contribution in [-0.2, 0) is 11.3 Å². The van der Waals surface area contributed by atoms with Crippen molar-refractivity contribution in [3.63, 3.8) is 0 Å². The molecule has 116 valence electrons. The number of hydrogen-bond acceptors (Lipinski definition) is 5. The number of esters is 1. The Labute approximate surface area is 136 Å². The van der Waals surface area contributed by atoms with Gasteiger partial charge >= 0.3 is 5.97 Å². The van der Waals surface area contributed by atoms with Crippen LogP contribution in [0.2, 0.25) is 5.02 Å². The summed E-state index contributed by atoms with van der Waals surface area (Å²) in [6.45, 7) is 1.73. The van der Waals surface area contributed by atoms with E-state index in [0.29, 0.717) is 21.9 Å². The van der Waals surface area contributed by atoms with Crippen LogP contribution in [0.15, 0.2) is 47.5 Å². The molecular formula is C16H12ClN3O3. The van der Waals surface area contributed by atoms with Gasteiger partial charge in [-0.3, -0.25) is 14.2 Å². The zero-order chi connectivity index (χ0) is 16.4. The molecule has 0 radical (unpaired) electrons. The number of fused-ring (bicyclic) bond motifs is 1. The highest BCUT2D eigenvalue weighted by atomic mass is 35.5. The van der Waals surface area contributed by atoms with Crippen LogP contribution in [-0.4, -0.2) is 20.3 Å². The van der Waals surface area contributed by atoms with Crippen LogP contribution in [0.25, 0.3) is 5.65 Å². The molecule has 7 heteroatoms. The second-order valence-electron chi connectivity index (χ2n) is 4.93. The Bertz CT molecular complexity index is 935. The van der Waals surface area contributed by atoms with E-state index in [9.17, 15) is 9.59 Å². The first-order valence-corrected chi connectivity index (χ1v) is 7.18. The molecule has 0 N–H and O–H groups in total. The first-order valence-electron chi connectivity index (χ1n) is 6.80. The maximum Gasteiger partial charge on any atom is 0.340 e. The quantitative estimate of drug-likeness (QED) is 0.690. The summed E-state index contributed by atoms with van der Waals surface area (Å²) in [5.74, 6) is -0.518. The number of hydrogen-bond donors (Lipinski definition) is 0. The molecule has 0 atom stereocenters. The van der Waals surface area contributed by atoms with Crippen molar-refractivity contribution in [3.8, 4) is 0 Å². The van der Waals surface area contributed by atoms with Gasteiger partial charge in [-0.25, -0.2) is 9.78 Å². The van der Waals surface area contributed by atoms with Gasteiger partial charge in [0.25, 0.3) is 5.56 Å². The van der Waals surface area contributed by atoms with Gasteiger partial charge < -0.3 is 4.74 Å². The van der Waals surface area contributed by atoms with Crippen molar-refractivity contribution in [3.05, 3.63) is 75.1 Å². The van der Waals surface area contributed by atoms with Crippen molar-refractivity contribution < 1.29 is 9.53 Å². The van der Waals surface area contributed by atoms with Crippen molar-refractivity contribution in [2.24, 2.45) is 0 Å². The lowest BCUT2D eigenvalue weighted by molar-refractivity contribution is 0.0467. The Morgan fingerprint density at radius 1 is 1.30 bits per heavy atom. The van der Waals surface area contributed by atoms with Gasteiger partial charge in [0.05, 0.1) is 16.3 Å². The van der Waals surface area contributed by atoms with Crippen molar-refractivity contribution in [1.82, 2.24) is 14.4 Å². The molecule has 0 bridgehead atoms. The number of aromatic nitrogens is 3. The molecule has 3 rings (SSSR count). The standard InChI is InChI=1S/C16H12ClN3O3/c1-10-2-3-11(7-18-10)16(22)23-9-13-6-15(21)20-8-12(17)4-5-14(20)19-13/h2-8H,9H2,1H3. The van der Waals surface area contributed by atoms with Crippen LogP contribution < -0.4 is 5.56 Å². The molecule has 0 unspecified atom stereocenters. The van der Waals surface area contributed by atoms with Crippen LogP contribution in [0.4, 0.5) is 0 Å². The van der Waals surface area contributed by atoms with E-state index in [0.717, 1.165) is 5.69 Å². The van der Waals surface area contributed by atoms with Crippen molar-refractivity contribution >= 4 is 23.2 Å². The van der Waals surface area contributed by atoms with Crippen LogP contribution in [0.5, 0.6) is 0 Å². The average Bonchev–Trinajstić information content (AvgIpc) is 2.54. The highest BCUT2D eigenvalue weighted by Gasteiger charge is 2.09. The number of carbonyl (C=O) groups is 1. The van der Waals surface area contributed by atoms with E-state index >= 15 is 0 Å². The summed E-state index contributed by atoms with van der Waals surface area (Å²) in [5.41, 5.74) is 1.67. The zero-order valence-electron chi connectivity index (χ0n) is 12.2. The summed E-state index contributed by atoms with van der Waals surface area (Å²) in [5, 5.41) is 0.437. The zero-order valence-corrected chi connectivity index (χ0v) is 12.9. The molecule has 0 saturated carbocycles. The molecule has 3 aromatic rings. The molecule has 0 aliphatic heterocycles. The predicted molar refractivity (Wildman–Crippen MR) is 84.6 cm³/mol. The summed E-state index contributed by atoms with van der Waals surface area (Å²) in [4.78, 5) is 32.3. The first kappa shape index (κ1) is 15.2. The van der Waals surface area contributed by atoms with E-state index in [1.54, 1.807) is 24.3 Å². The topological polar surface area (TPSA) is 73.6 Å². The fraction of sp³-hybridized carbons (Fsp3) is 0.125. The summed E-state index contributed by atoms with van der Waals surface area (Å²) in [7, 11) is 0. The highest BCUT2D eigenvalue weighted by Crippen LogP contribution is 2.09. The third-order valence-electron chi connectivity index (χ3n) is 3.17. The Balaban J connectivity index is 1.79. The van der Waals surface area contributed by atoms with Gasteiger partial charge in [-0.1, -0.05) is 11.6 Å². The minimum atomic E-state index is -0.518. The number of pyridine rings is 2. The minimum Gasteiger partial charge on any atom is -0.456 e. The molecular weight excluding hydrogens is 318 g/mol. The molecule has 3 heterocycles. The Hall–Kier alpha value is -2.73. The third-order valence-corrected chi connectivity index (χ3v) is 3.40. The fourth-order valence-corrected chi connectivity index (χ4v) is 2.17. The number of carbonyl (C=O) groups excluding carboxylic acids is 1. The molecule has 0 amide bonds. The molecule has 0 aliphatic carbocycles. The van der Waals surface area contributed by atoms with Crippen molar-refractivity contribution in [2.45, 2.75) is 13.5 Å².